The van der Waals surface area contributed by atoms with Crippen molar-refractivity contribution in [2.75, 3.05) is 6.61 Å². The zero-order valence-corrected chi connectivity index (χ0v) is 9.93. The molecule has 0 spiro atoms. The van der Waals surface area contributed by atoms with Crippen molar-refractivity contribution in [3.63, 3.8) is 0 Å². The summed E-state index contributed by atoms with van der Waals surface area (Å²) in [5.74, 6) is -0.382. The first-order valence-electron chi connectivity index (χ1n) is 5.84. The Morgan fingerprint density at radius 3 is 2.94 bits per heavy atom. The Morgan fingerprint density at radius 1 is 1.28 bits per heavy atom. The van der Waals surface area contributed by atoms with E-state index in [1.807, 2.05) is 30.3 Å². The van der Waals surface area contributed by atoms with Gasteiger partial charge in [0.1, 0.15) is 0 Å². The van der Waals surface area contributed by atoms with Gasteiger partial charge in [-0.2, -0.15) is 0 Å². The Morgan fingerprint density at radius 2 is 2.11 bits per heavy atom. The molecule has 0 saturated carbocycles. The Bertz CT molecular complexity index is 731. The number of esters is 1. The number of nitrogens with one attached hydrogen (secondary N) is 1. The Balaban J connectivity index is 2.35. The highest BCUT2D eigenvalue weighted by Gasteiger charge is 2.16. The standard InChI is InChI=1S/C14H12N2O2/c1-2-18-14(17)13-12-9-5-3-4-6-10(9)16-11(12)7-8-15-13/h3-8,16H,2H2,1H3. The number of ether oxygens (including phenoxy) is 1. The van der Waals surface area contributed by atoms with Crippen LogP contribution in [0.3, 0.4) is 0 Å². The number of nitrogens with zero attached hydrogens (tertiary/aromatic N) is 1. The van der Waals surface area contributed by atoms with E-state index in [9.17, 15) is 4.79 Å². The molecule has 0 aliphatic rings. The van der Waals surface area contributed by atoms with Crippen LogP contribution in [-0.2, 0) is 4.74 Å². The highest BCUT2D eigenvalue weighted by Crippen LogP contribution is 2.27. The van der Waals surface area contributed by atoms with Gasteiger partial charge >= 0.3 is 5.97 Å². The van der Waals surface area contributed by atoms with Crippen LogP contribution in [0.5, 0.6) is 0 Å². The number of H-pyrrole nitrogens is 1. The SMILES string of the molecule is CCOC(=O)c1nccc2[nH]c3ccccc3c12. The summed E-state index contributed by atoms with van der Waals surface area (Å²) in [4.78, 5) is 19.3. The van der Waals surface area contributed by atoms with E-state index in [2.05, 4.69) is 9.97 Å². The first-order valence-corrected chi connectivity index (χ1v) is 5.84. The fraction of sp³-hybridized carbons (Fsp3) is 0.143. The van der Waals surface area contributed by atoms with Crippen LogP contribution >= 0.6 is 0 Å². The van der Waals surface area contributed by atoms with E-state index < -0.39 is 0 Å². The highest BCUT2D eigenvalue weighted by molar-refractivity contribution is 6.15. The largest absolute Gasteiger partial charge is 0.461 e. The number of benzene rings is 1. The molecule has 0 aliphatic carbocycles. The molecule has 90 valence electrons. The van der Waals surface area contributed by atoms with Crippen LogP contribution in [-0.4, -0.2) is 22.5 Å². The minimum Gasteiger partial charge on any atom is -0.461 e. The van der Waals surface area contributed by atoms with Gasteiger partial charge in [-0.15, -0.1) is 0 Å². The maximum Gasteiger partial charge on any atom is 0.357 e. The van der Waals surface area contributed by atoms with Gasteiger partial charge in [-0.3, -0.25) is 0 Å². The van der Waals surface area contributed by atoms with Crippen LogP contribution < -0.4 is 0 Å². The summed E-state index contributed by atoms with van der Waals surface area (Å²) in [5, 5.41) is 1.82. The van der Waals surface area contributed by atoms with Crippen LogP contribution in [0.1, 0.15) is 17.4 Å². The lowest BCUT2D eigenvalue weighted by Crippen LogP contribution is -2.07. The molecule has 2 aromatic heterocycles. The van der Waals surface area contributed by atoms with Gasteiger partial charge in [0, 0.05) is 22.5 Å². The number of carbonyl (C=O) groups excluding carboxylic acids is 1. The molecule has 4 heteroatoms. The highest BCUT2D eigenvalue weighted by atomic mass is 16.5. The van der Waals surface area contributed by atoms with Crippen molar-refractivity contribution in [1.82, 2.24) is 9.97 Å². The number of fused-ring (bicyclic) bond motifs is 3. The molecule has 0 fully saturated rings. The maximum absolute atomic E-state index is 11.9. The van der Waals surface area contributed by atoms with E-state index in [4.69, 9.17) is 4.74 Å². The molecule has 18 heavy (non-hydrogen) atoms. The number of aromatic amines is 1. The van der Waals surface area contributed by atoms with Gasteiger partial charge < -0.3 is 9.72 Å². The van der Waals surface area contributed by atoms with Gasteiger partial charge in [-0.1, -0.05) is 18.2 Å². The van der Waals surface area contributed by atoms with Crippen LogP contribution in [0.2, 0.25) is 0 Å². The summed E-state index contributed by atoms with van der Waals surface area (Å²) in [7, 11) is 0. The molecule has 0 saturated heterocycles. The van der Waals surface area contributed by atoms with Crippen molar-refractivity contribution in [2.24, 2.45) is 0 Å². The summed E-state index contributed by atoms with van der Waals surface area (Å²) < 4.78 is 5.04. The second kappa shape index (κ2) is 4.14. The Labute approximate surface area is 104 Å². The minimum atomic E-state index is -0.382. The van der Waals surface area contributed by atoms with Crippen molar-refractivity contribution in [3.05, 3.63) is 42.2 Å². The number of pyridine rings is 1. The third-order valence-corrected chi connectivity index (χ3v) is 2.89. The summed E-state index contributed by atoms with van der Waals surface area (Å²) in [6.45, 7) is 2.13. The van der Waals surface area contributed by atoms with E-state index in [1.54, 1.807) is 13.1 Å². The Kier molecular flexibility index (Phi) is 2.48. The average molecular weight is 240 g/mol. The molecule has 2 heterocycles. The van der Waals surface area contributed by atoms with Crippen LogP contribution in [0.25, 0.3) is 21.8 Å². The van der Waals surface area contributed by atoms with E-state index >= 15 is 0 Å². The number of hydrogen-bond donors (Lipinski definition) is 1. The van der Waals surface area contributed by atoms with Gasteiger partial charge in [0.15, 0.2) is 5.69 Å². The smallest absolute Gasteiger partial charge is 0.357 e. The molecule has 0 amide bonds. The van der Waals surface area contributed by atoms with Crippen molar-refractivity contribution >= 4 is 27.8 Å². The summed E-state index contributed by atoms with van der Waals surface area (Å²) in [5.41, 5.74) is 2.26. The predicted molar refractivity (Wildman–Crippen MR) is 69.6 cm³/mol. The van der Waals surface area contributed by atoms with E-state index in [0.717, 1.165) is 21.8 Å². The molecule has 3 rings (SSSR count). The first kappa shape index (κ1) is 10.8. The molecular formula is C14H12N2O2. The molecule has 0 unspecified atom stereocenters. The lowest BCUT2D eigenvalue weighted by Gasteiger charge is -2.02. The minimum absolute atomic E-state index is 0.346. The molecule has 4 nitrogen and oxygen atoms in total. The molecule has 0 bridgehead atoms. The second-order valence-corrected chi connectivity index (χ2v) is 3.97. The number of carbonyl (C=O) groups is 1. The van der Waals surface area contributed by atoms with Gasteiger partial charge in [-0.25, -0.2) is 9.78 Å². The van der Waals surface area contributed by atoms with Gasteiger partial charge in [0.05, 0.1) is 12.1 Å². The first-order chi connectivity index (χ1) is 8.81. The third kappa shape index (κ3) is 1.54. The third-order valence-electron chi connectivity index (χ3n) is 2.89. The number of rotatable bonds is 2. The van der Waals surface area contributed by atoms with Crippen LogP contribution in [0, 0.1) is 0 Å². The molecule has 3 aromatic rings. The molecule has 1 N–H and O–H groups in total. The van der Waals surface area contributed by atoms with Crippen LogP contribution in [0.4, 0.5) is 0 Å². The fourth-order valence-corrected chi connectivity index (χ4v) is 2.15. The molecule has 0 radical (unpaired) electrons. The van der Waals surface area contributed by atoms with Crippen molar-refractivity contribution in [2.45, 2.75) is 6.92 Å². The van der Waals surface area contributed by atoms with Crippen molar-refractivity contribution in [1.29, 1.82) is 0 Å². The Hall–Kier alpha value is -2.36. The molecule has 1 aromatic carbocycles. The van der Waals surface area contributed by atoms with Gasteiger partial charge in [0.2, 0.25) is 0 Å². The summed E-state index contributed by atoms with van der Waals surface area (Å²) in [6, 6.07) is 9.70. The average Bonchev–Trinajstić information content (AvgIpc) is 2.77. The zero-order chi connectivity index (χ0) is 12.5. The normalized spacial score (nSPS) is 10.9. The number of para-hydroxylation sites is 1. The van der Waals surface area contributed by atoms with E-state index in [0.29, 0.717) is 12.3 Å². The monoisotopic (exact) mass is 240 g/mol. The lowest BCUT2D eigenvalue weighted by molar-refractivity contribution is 0.0522. The van der Waals surface area contributed by atoms with Crippen molar-refractivity contribution < 1.29 is 9.53 Å². The second-order valence-electron chi connectivity index (χ2n) is 3.97. The molecule has 0 aliphatic heterocycles. The molecule has 0 atom stereocenters. The van der Waals surface area contributed by atoms with E-state index in [-0.39, 0.29) is 5.97 Å². The van der Waals surface area contributed by atoms with Crippen LogP contribution in [0.15, 0.2) is 36.5 Å². The van der Waals surface area contributed by atoms with Crippen molar-refractivity contribution in [3.8, 4) is 0 Å². The fourth-order valence-electron chi connectivity index (χ4n) is 2.15. The topological polar surface area (TPSA) is 55.0 Å². The zero-order valence-electron chi connectivity index (χ0n) is 9.93. The van der Waals surface area contributed by atoms with Gasteiger partial charge in [-0.05, 0) is 19.1 Å². The number of aromatic nitrogens is 2. The van der Waals surface area contributed by atoms with Gasteiger partial charge in [0.25, 0.3) is 0 Å². The lowest BCUT2D eigenvalue weighted by atomic mass is 10.1. The summed E-state index contributed by atoms with van der Waals surface area (Å²) in [6.07, 6.45) is 1.62. The quantitative estimate of drug-likeness (QED) is 0.701. The number of hydrogen-bond acceptors (Lipinski definition) is 3. The van der Waals surface area contributed by atoms with E-state index in [1.165, 1.54) is 0 Å². The summed E-state index contributed by atoms with van der Waals surface area (Å²) >= 11 is 0. The predicted octanol–water partition coefficient (Wildman–Crippen LogP) is 2.89. The maximum atomic E-state index is 11.9. The molecular weight excluding hydrogens is 228 g/mol.